The van der Waals surface area contributed by atoms with Gasteiger partial charge in [0.2, 0.25) is 0 Å². The summed E-state index contributed by atoms with van der Waals surface area (Å²) in [5, 5.41) is 7.88. The number of methoxy groups -OCH3 is 1. The quantitative estimate of drug-likeness (QED) is 0.212. The minimum Gasteiger partial charge on any atom is -0.497 e. The van der Waals surface area contributed by atoms with Gasteiger partial charge in [0, 0.05) is 12.1 Å². The summed E-state index contributed by atoms with van der Waals surface area (Å²) in [6, 6.07) is 11.6. The van der Waals surface area contributed by atoms with Gasteiger partial charge in [0.1, 0.15) is 17.2 Å². The van der Waals surface area contributed by atoms with E-state index >= 15 is 0 Å². The molecule has 0 amide bonds. The predicted octanol–water partition coefficient (Wildman–Crippen LogP) is 5.36. The number of hydrogen-bond donors (Lipinski definition) is 2. The van der Waals surface area contributed by atoms with E-state index in [1.165, 1.54) is 31.4 Å². The van der Waals surface area contributed by atoms with E-state index < -0.39 is 21.3 Å². The molecular formula is C27H37NO7S. The lowest BCUT2D eigenvalue weighted by Crippen LogP contribution is -2.19. The normalized spacial score (nSPS) is 12.5. The maximum atomic E-state index is 11.3. The van der Waals surface area contributed by atoms with Crippen LogP contribution in [0.25, 0.3) is 6.08 Å². The molecule has 0 aliphatic carbocycles. The van der Waals surface area contributed by atoms with Gasteiger partial charge in [-0.3, -0.25) is 9.35 Å². The zero-order valence-corrected chi connectivity index (χ0v) is 21.9. The molecule has 0 aliphatic heterocycles. The average molecular weight is 520 g/mol. The summed E-state index contributed by atoms with van der Waals surface area (Å²) in [5.74, 6) is 0.427. The van der Waals surface area contributed by atoms with Crippen molar-refractivity contribution in [3.8, 4) is 11.5 Å². The first-order valence-electron chi connectivity index (χ1n) is 12.3. The fourth-order valence-corrected chi connectivity index (χ4v) is 4.02. The second-order valence-corrected chi connectivity index (χ2v) is 10.6. The number of benzene rings is 1. The molecule has 198 valence electrons. The van der Waals surface area contributed by atoms with Gasteiger partial charge in [0.25, 0.3) is 10.1 Å². The Kier molecular flexibility index (Phi) is 12.4. The molecule has 36 heavy (non-hydrogen) atoms. The molecule has 2 aromatic rings. The molecule has 0 bridgehead atoms. The van der Waals surface area contributed by atoms with Crippen LogP contribution in [0.3, 0.4) is 0 Å². The number of aryl methyl sites for hydroxylation is 1. The number of carboxylic acids is 1. The number of hydrogen-bond acceptors (Lipinski definition) is 6. The Morgan fingerprint density at radius 3 is 2.33 bits per heavy atom. The van der Waals surface area contributed by atoms with E-state index in [-0.39, 0.29) is 12.8 Å². The van der Waals surface area contributed by atoms with Crippen LogP contribution in [0, 0.1) is 0 Å². The molecule has 0 saturated carbocycles. The third-order valence-electron chi connectivity index (χ3n) is 5.79. The van der Waals surface area contributed by atoms with Crippen LogP contribution in [-0.4, -0.2) is 48.0 Å². The molecule has 1 heterocycles. The fourth-order valence-electron chi connectivity index (χ4n) is 3.64. The lowest BCUT2D eigenvalue weighted by Gasteiger charge is -2.12. The zero-order chi connectivity index (χ0) is 26.4. The van der Waals surface area contributed by atoms with Gasteiger partial charge in [0.15, 0.2) is 0 Å². The maximum Gasteiger partial charge on any atom is 0.307 e. The van der Waals surface area contributed by atoms with Crippen molar-refractivity contribution < 1.29 is 32.3 Å². The number of unbranched alkanes of at least 4 members (excludes halogenated alkanes) is 5. The van der Waals surface area contributed by atoms with Crippen molar-refractivity contribution in [3.63, 3.8) is 0 Å². The lowest BCUT2D eigenvalue weighted by molar-refractivity contribution is -0.135. The molecule has 1 aromatic carbocycles. The van der Waals surface area contributed by atoms with Crippen LogP contribution in [0.1, 0.15) is 68.8 Å². The van der Waals surface area contributed by atoms with Gasteiger partial charge in [-0.1, -0.05) is 43.9 Å². The summed E-state index contributed by atoms with van der Waals surface area (Å²) in [6.45, 7) is 1.91. The molecule has 0 saturated heterocycles. The fraction of sp³-hybridized carbons (Fsp3) is 0.481. The molecule has 0 fully saturated rings. The molecular weight excluding hydrogens is 482 g/mol. The van der Waals surface area contributed by atoms with Gasteiger partial charge in [-0.25, -0.2) is 4.98 Å². The molecule has 1 aromatic heterocycles. The second kappa shape index (κ2) is 15.3. The number of ether oxygens (including phenoxy) is 2. The number of carbonyl (C=O) groups is 1. The number of nitrogens with zero attached hydrogens (tertiary/aromatic N) is 1. The summed E-state index contributed by atoms with van der Waals surface area (Å²) >= 11 is 0. The van der Waals surface area contributed by atoms with Crippen molar-refractivity contribution in [2.75, 3.05) is 13.7 Å². The van der Waals surface area contributed by atoms with E-state index in [4.69, 9.17) is 14.6 Å². The Bertz CT molecular complexity index is 1080. The van der Waals surface area contributed by atoms with E-state index in [0.29, 0.717) is 23.7 Å². The highest BCUT2D eigenvalue weighted by molar-refractivity contribution is 7.86. The highest BCUT2D eigenvalue weighted by Crippen LogP contribution is 2.21. The maximum absolute atomic E-state index is 11.3. The summed E-state index contributed by atoms with van der Waals surface area (Å²) in [7, 11) is -2.50. The molecule has 1 atom stereocenters. The third-order valence-corrected chi connectivity index (χ3v) is 6.98. The number of carboxylic acid groups (broad SMARTS) is 1. The number of rotatable bonds is 17. The van der Waals surface area contributed by atoms with Gasteiger partial charge in [0.05, 0.1) is 25.4 Å². The van der Waals surface area contributed by atoms with Crippen LogP contribution in [0.2, 0.25) is 0 Å². The molecule has 2 rings (SSSR count). The third kappa shape index (κ3) is 11.2. The molecule has 8 nitrogen and oxygen atoms in total. The highest BCUT2D eigenvalue weighted by Gasteiger charge is 2.19. The van der Waals surface area contributed by atoms with Gasteiger partial charge < -0.3 is 14.6 Å². The van der Waals surface area contributed by atoms with Crippen molar-refractivity contribution in [2.45, 2.75) is 70.0 Å². The highest BCUT2D eigenvalue weighted by atomic mass is 32.2. The van der Waals surface area contributed by atoms with Crippen LogP contribution < -0.4 is 9.47 Å². The van der Waals surface area contributed by atoms with Crippen molar-refractivity contribution in [2.24, 2.45) is 0 Å². The molecule has 2 N–H and O–H groups in total. The first kappa shape index (κ1) is 29.3. The topological polar surface area (TPSA) is 123 Å². The van der Waals surface area contributed by atoms with Gasteiger partial charge >= 0.3 is 5.97 Å². The Morgan fingerprint density at radius 1 is 1.03 bits per heavy atom. The molecule has 0 aliphatic rings. The van der Waals surface area contributed by atoms with Gasteiger partial charge in [-0.2, -0.15) is 8.42 Å². The summed E-state index contributed by atoms with van der Waals surface area (Å²) in [4.78, 5) is 15.2. The van der Waals surface area contributed by atoms with E-state index in [1.54, 1.807) is 25.3 Å². The molecule has 0 spiro atoms. The number of aromatic nitrogens is 1. The van der Waals surface area contributed by atoms with Gasteiger partial charge in [-0.05, 0) is 62.1 Å². The minimum atomic E-state index is -4.17. The van der Waals surface area contributed by atoms with Crippen LogP contribution in [0.15, 0.2) is 42.5 Å². The van der Waals surface area contributed by atoms with Crippen LogP contribution in [0.4, 0.5) is 0 Å². The standard InChI is InChI=1S/C27H37NO7S/c1-21(36(31,32)33)20-23-15-18-26(25(28-23)11-9-12-27(29)30)35-19-8-6-4-3-5-7-10-22-13-16-24(34-2)17-14-22/h9,11,13-18,21H,3-8,10,12,19-20H2,1-2H3,(H,29,30)(H,31,32,33)/b11-9+. The van der Waals surface area contributed by atoms with Crippen molar-refractivity contribution >= 4 is 22.2 Å². The average Bonchev–Trinajstić information content (AvgIpc) is 2.83. The Balaban J connectivity index is 1.76. The molecule has 9 heteroatoms. The molecule has 1 unspecified atom stereocenters. The Morgan fingerprint density at radius 2 is 1.69 bits per heavy atom. The minimum absolute atomic E-state index is 0.0390. The van der Waals surface area contributed by atoms with E-state index in [2.05, 4.69) is 17.1 Å². The SMILES string of the molecule is COc1ccc(CCCCCCCCOc2ccc(CC(C)S(=O)(=O)O)nc2/C=C/CC(=O)O)cc1. The summed E-state index contributed by atoms with van der Waals surface area (Å²) < 4.78 is 42.9. The second-order valence-electron chi connectivity index (χ2n) is 8.78. The molecule has 0 radical (unpaired) electrons. The predicted molar refractivity (Wildman–Crippen MR) is 140 cm³/mol. The first-order chi connectivity index (χ1) is 17.2. The monoisotopic (exact) mass is 519 g/mol. The van der Waals surface area contributed by atoms with Crippen LogP contribution in [-0.2, 0) is 27.8 Å². The van der Waals surface area contributed by atoms with Crippen LogP contribution in [0.5, 0.6) is 11.5 Å². The van der Waals surface area contributed by atoms with Crippen LogP contribution >= 0.6 is 0 Å². The number of pyridine rings is 1. The Labute approximate surface area is 214 Å². The van der Waals surface area contributed by atoms with Crippen molar-refractivity contribution in [1.82, 2.24) is 4.98 Å². The van der Waals surface area contributed by atoms with Crippen molar-refractivity contribution in [1.29, 1.82) is 0 Å². The zero-order valence-electron chi connectivity index (χ0n) is 21.1. The van der Waals surface area contributed by atoms with E-state index in [0.717, 1.165) is 37.9 Å². The van der Waals surface area contributed by atoms with Gasteiger partial charge in [-0.15, -0.1) is 0 Å². The summed E-state index contributed by atoms with van der Waals surface area (Å²) in [5.41, 5.74) is 2.23. The number of aliphatic carboxylic acids is 1. The Hall–Kier alpha value is -2.91. The van der Waals surface area contributed by atoms with E-state index in [1.807, 2.05) is 12.1 Å². The largest absolute Gasteiger partial charge is 0.497 e. The van der Waals surface area contributed by atoms with E-state index in [9.17, 15) is 17.8 Å². The first-order valence-corrected chi connectivity index (χ1v) is 13.8. The smallest absolute Gasteiger partial charge is 0.307 e. The van der Waals surface area contributed by atoms with Crippen molar-refractivity contribution in [3.05, 3.63) is 59.4 Å². The lowest BCUT2D eigenvalue weighted by atomic mass is 10.0. The summed E-state index contributed by atoms with van der Waals surface area (Å²) in [6.07, 6.45) is 10.5.